The lowest BCUT2D eigenvalue weighted by molar-refractivity contribution is -0.857. The summed E-state index contributed by atoms with van der Waals surface area (Å²) in [6.07, 6.45) is 3.71. The van der Waals surface area contributed by atoms with Crippen molar-refractivity contribution in [1.82, 2.24) is 14.5 Å². The predicted octanol–water partition coefficient (Wildman–Crippen LogP) is 2.43. The Balaban J connectivity index is 1.79. The third kappa shape index (κ3) is 5.19. The number of imidazole rings is 1. The van der Waals surface area contributed by atoms with Crippen molar-refractivity contribution in [3.63, 3.8) is 0 Å². The van der Waals surface area contributed by atoms with Gasteiger partial charge in [-0.05, 0) is 23.1 Å². The number of quaternary nitrogens is 1. The number of likely N-dealkylation sites (N-methyl/N-ethyl adjacent to an activating group) is 1. The van der Waals surface area contributed by atoms with Crippen LogP contribution in [0, 0.1) is 0 Å². The molecule has 1 N–H and O–H groups in total. The van der Waals surface area contributed by atoms with E-state index in [0.717, 1.165) is 27.8 Å². The highest BCUT2D eigenvalue weighted by atomic mass is 35.5. The number of hydrogen-bond donors (Lipinski definition) is 1. The van der Waals surface area contributed by atoms with Crippen LogP contribution in [-0.4, -0.2) is 47.5 Å². The number of benzene rings is 1. The summed E-state index contributed by atoms with van der Waals surface area (Å²) in [7, 11) is 4.18. The summed E-state index contributed by atoms with van der Waals surface area (Å²) in [5, 5.41) is 2.67. The Morgan fingerprint density at radius 2 is 2.07 bits per heavy atom. The smallest absolute Gasteiger partial charge is 0.264 e. The maximum atomic E-state index is 12.9. The number of nitrogens with one attached hydrogen (secondary N) is 1. The topological polar surface area (TPSA) is 42.6 Å². The van der Waals surface area contributed by atoms with Crippen molar-refractivity contribution in [2.75, 3.05) is 27.2 Å². The molecular weight excluding hydrogens is 380 g/mol. The normalized spacial score (nSPS) is 11.1. The van der Waals surface area contributed by atoms with Gasteiger partial charge in [-0.25, -0.2) is 4.98 Å². The van der Waals surface area contributed by atoms with Crippen LogP contribution in [0.5, 0.6) is 0 Å². The lowest BCUT2D eigenvalue weighted by atomic mass is 10.2. The van der Waals surface area contributed by atoms with Crippen LogP contribution in [0.4, 0.5) is 0 Å². The van der Waals surface area contributed by atoms with Crippen molar-refractivity contribution in [2.45, 2.75) is 13.1 Å². The number of rotatable bonds is 8. The van der Waals surface area contributed by atoms with Crippen molar-refractivity contribution >= 4 is 28.8 Å². The highest BCUT2D eigenvalue weighted by Gasteiger charge is 2.20. The van der Waals surface area contributed by atoms with Gasteiger partial charge in [0.2, 0.25) is 0 Å². The first kappa shape index (κ1) is 19.6. The molecule has 5 nitrogen and oxygen atoms in total. The molecular formula is C20H24ClN4OS+. The SMILES string of the molecule is C[NH+](C)CCN(Cc1nccn1Cc1ccccc1Cl)C(=O)c1cccs1. The number of thiophene rings is 1. The van der Waals surface area contributed by atoms with E-state index < -0.39 is 0 Å². The Kier molecular flexibility index (Phi) is 6.66. The predicted molar refractivity (Wildman–Crippen MR) is 110 cm³/mol. The molecule has 2 aromatic heterocycles. The molecule has 0 atom stereocenters. The molecule has 0 saturated heterocycles. The Morgan fingerprint density at radius 1 is 1.26 bits per heavy atom. The van der Waals surface area contributed by atoms with Crippen LogP contribution in [0.1, 0.15) is 21.1 Å². The van der Waals surface area contributed by atoms with Crippen molar-refractivity contribution in [2.24, 2.45) is 0 Å². The van der Waals surface area contributed by atoms with E-state index >= 15 is 0 Å². The molecule has 0 fully saturated rings. The molecule has 2 heterocycles. The van der Waals surface area contributed by atoms with E-state index in [1.165, 1.54) is 16.2 Å². The zero-order valence-corrected chi connectivity index (χ0v) is 17.1. The number of carbonyl (C=O) groups is 1. The first-order chi connectivity index (χ1) is 13.0. The summed E-state index contributed by atoms with van der Waals surface area (Å²) in [5.41, 5.74) is 1.03. The zero-order chi connectivity index (χ0) is 19.2. The van der Waals surface area contributed by atoms with Crippen LogP contribution >= 0.6 is 22.9 Å². The summed E-state index contributed by atoms with van der Waals surface area (Å²) < 4.78 is 2.05. The van der Waals surface area contributed by atoms with E-state index in [0.29, 0.717) is 19.6 Å². The van der Waals surface area contributed by atoms with Gasteiger partial charge in [0.05, 0.1) is 45.2 Å². The molecule has 142 valence electrons. The standard InChI is InChI=1S/C20H23ClN4OS/c1-23(2)11-12-25(20(26)18-8-5-13-27-18)15-19-22-9-10-24(19)14-16-6-3-4-7-17(16)21/h3-10,13H,11-12,14-15H2,1-2H3/p+1. The molecule has 7 heteroatoms. The van der Waals surface area contributed by atoms with Gasteiger partial charge in [0, 0.05) is 17.4 Å². The van der Waals surface area contributed by atoms with Gasteiger partial charge in [-0.3, -0.25) is 4.79 Å². The minimum atomic E-state index is 0.0542. The summed E-state index contributed by atoms with van der Waals surface area (Å²) in [6.45, 7) is 2.66. The van der Waals surface area contributed by atoms with E-state index in [-0.39, 0.29) is 5.91 Å². The van der Waals surface area contributed by atoms with Crippen LogP contribution in [0.25, 0.3) is 0 Å². The van der Waals surface area contributed by atoms with E-state index in [4.69, 9.17) is 11.6 Å². The average molecular weight is 404 g/mol. The lowest BCUT2D eigenvalue weighted by Crippen LogP contribution is -3.06. The average Bonchev–Trinajstić information content (AvgIpc) is 3.32. The van der Waals surface area contributed by atoms with Gasteiger partial charge >= 0.3 is 0 Å². The minimum absolute atomic E-state index is 0.0542. The van der Waals surface area contributed by atoms with Crippen LogP contribution in [0.2, 0.25) is 5.02 Å². The van der Waals surface area contributed by atoms with E-state index in [1.54, 1.807) is 6.20 Å². The van der Waals surface area contributed by atoms with Crippen LogP contribution in [0.3, 0.4) is 0 Å². The quantitative estimate of drug-likeness (QED) is 0.627. The van der Waals surface area contributed by atoms with Gasteiger partial charge in [-0.15, -0.1) is 11.3 Å². The minimum Gasteiger partial charge on any atom is -0.338 e. The van der Waals surface area contributed by atoms with Crippen molar-refractivity contribution in [3.8, 4) is 0 Å². The third-order valence-corrected chi connectivity index (χ3v) is 5.56. The molecule has 27 heavy (non-hydrogen) atoms. The zero-order valence-electron chi connectivity index (χ0n) is 15.6. The molecule has 3 rings (SSSR count). The van der Waals surface area contributed by atoms with Crippen molar-refractivity contribution in [1.29, 1.82) is 0 Å². The molecule has 0 spiro atoms. The van der Waals surface area contributed by atoms with Crippen molar-refractivity contribution < 1.29 is 9.69 Å². The van der Waals surface area contributed by atoms with Gasteiger partial charge in [0.25, 0.3) is 5.91 Å². The summed E-state index contributed by atoms with van der Waals surface area (Å²) in [5.74, 6) is 0.909. The molecule has 0 bridgehead atoms. The second-order valence-electron chi connectivity index (χ2n) is 6.72. The van der Waals surface area contributed by atoms with E-state index in [1.807, 2.05) is 52.9 Å². The Labute approximate surface area is 168 Å². The van der Waals surface area contributed by atoms with Crippen LogP contribution in [0.15, 0.2) is 54.2 Å². The Morgan fingerprint density at radius 3 is 2.78 bits per heavy atom. The fourth-order valence-corrected chi connectivity index (χ4v) is 3.67. The number of halogens is 1. The second kappa shape index (κ2) is 9.17. The summed E-state index contributed by atoms with van der Waals surface area (Å²) in [4.78, 5) is 21.4. The fraction of sp³-hybridized carbons (Fsp3) is 0.300. The number of hydrogen-bond acceptors (Lipinski definition) is 3. The highest BCUT2D eigenvalue weighted by molar-refractivity contribution is 7.12. The molecule has 0 aliphatic carbocycles. The Bertz CT molecular complexity index is 876. The molecule has 0 aliphatic heterocycles. The molecule has 0 radical (unpaired) electrons. The third-order valence-electron chi connectivity index (χ3n) is 4.33. The Hall–Kier alpha value is -2.15. The number of carbonyl (C=O) groups excluding carboxylic acids is 1. The summed E-state index contributed by atoms with van der Waals surface area (Å²) >= 11 is 7.77. The van der Waals surface area contributed by atoms with Crippen LogP contribution < -0.4 is 4.90 Å². The first-order valence-electron chi connectivity index (χ1n) is 8.90. The van der Waals surface area contributed by atoms with Crippen molar-refractivity contribution in [3.05, 3.63) is 75.5 Å². The van der Waals surface area contributed by atoms with Gasteiger partial charge < -0.3 is 14.4 Å². The molecule has 0 aliphatic rings. The number of aromatic nitrogens is 2. The van der Waals surface area contributed by atoms with Gasteiger partial charge in [-0.2, -0.15) is 0 Å². The molecule has 3 aromatic rings. The number of nitrogens with zero attached hydrogens (tertiary/aromatic N) is 3. The largest absolute Gasteiger partial charge is 0.338 e. The maximum Gasteiger partial charge on any atom is 0.264 e. The first-order valence-corrected chi connectivity index (χ1v) is 10.2. The van der Waals surface area contributed by atoms with Gasteiger partial charge in [0.15, 0.2) is 0 Å². The molecule has 1 aromatic carbocycles. The number of amides is 1. The van der Waals surface area contributed by atoms with Crippen LogP contribution in [-0.2, 0) is 13.1 Å². The maximum absolute atomic E-state index is 12.9. The van der Waals surface area contributed by atoms with Gasteiger partial charge in [0.1, 0.15) is 5.82 Å². The highest BCUT2D eigenvalue weighted by Crippen LogP contribution is 2.18. The fourth-order valence-electron chi connectivity index (χ4n) is 2.78. The molecule has 0 saturated carbocycles. The molecule has 0 unspecified atom stereocenters. The van der Waals surface area contributed by atoms with Gasteiger partial charge in [-0.1, -0.05) is 35.9 Å². The second-order valence-corrected chi connectivity index (χ2v) is 8.08. The molecule has 1 amide bonds. The summed E-state index contributed by atoms with van der Waals surface area (Å²) in [6, 6.07) is 11.6. The lowest BCUT2D eigenvalue weighted by Gasteiger charge is -2.23. The van der Waals surface area contributed by atoms with E-state index in [9.17, 15) is 4.79 Å². The van der Waals surface area contributed by atoms with E-state index in [2.05, 4.69) is 23.6 Å². The monoisotopic (exact) mass is 403 g/mol.